The Hall–Kier alpha value is -4.24. The zero-order valence-electron chi connectivity index (χ0n) is 31.7. The van der Waals surface area contributed by atoms with Gasteiger partial charge in [-0.05, 0) is 68.9 Å². The lowest BCUT2D eigenvalue weighted by atomic mass is 9.83. The Morgan fingerprint density at radius 3 is 2.13 bits per heavy atom. The van der Waals surface area contributed by atoms with E-state index in [0.717, 1.165) is 58.2 Å². The van der Waals surface area contributed by atoms with Gasteiger partial charge in [0.05, 0.1) is 67.7 Å². The lowest BCUT2D eigenvalue weighted by molar-refractivity contribution is -0.131. The summed E-state index contributed by atoms with van der Waals surface area (Å²) in [6.07, 6.45) is 3.06. The summed E-state index contributed by atoms with van der Waals surface area (Å²) in [5, 5.41) is 21.9. The molecule has 2 fully saturated rings. The molecule has 284 valence electrons. The Bertz CT molecular complexity index is 1980. The zero-order chi connectivity index (χ0) is 37.9. The molecule has 1 unspecified atom stereocenters. The van der Waals surface area contributed by atoms with Gasteiger partial charge in [0, 0.05) is 62.8 Å². The van der Waals surface area contributed by atoms with E-state index >= 15 is 0 Å². The van der Waals surface area contributed by atoms with E-state index in [1.807, 2.05) is 18.2 Å². The second-order valence-corrected chi connectivity index (χ2v) is 16.3. The standard InChI is InChI=1S/C41H48N6O6S/c1-27(48)53-29-7-5-6-28(20-29)9-19-54-39-33(24-43)31-22-41(4,52-26-35(31)38(45-39)47-13-17-50-18-14-47)10-8-36-32(23-42)30-21-40(2,3)51-25-34(30)37(44-36)46-11-15-49-16-12-46/h5-7,20H,8-19,21-22,25-26H2,1-4H3. The smallest absolute Gasteiger partial charge is 0.308 e. The number of nitrogens with zero attached hydrogens (tertiary/aromatic N) is 6. The Kier molecular flexibility index (Phi) is 11.4. The second-order valence-electron chi connectivity index (χ2n) is 15.2. The molecule has 13 heteroatoms. The molecule has 54 heavy (non-hydrogen) atoms. The minimum atomic E-state index is -0.604. The van der Waals surface area contributed by atoms with E-state index in [2.05, 4.69) is 42.7 Å². The summed E-state index contributed by atoms with van der Waals surface area (Å²) in [6, 6.07) is 12.6. The van der Waals surface area contributed by atoms with E-state index in [4.69, 9.17) is 33.7 Å². The van der Waals surface area contributed by atoms with Crippen molar-refractivity contribution in [2.24, 2.45) is 0 Å². The number of esters is 1. The van der Waals surface area contributed by atoms with E-state index in [9.17, 15) is 15.3 Å². The highest BCUT2D eigenvalue weighted by Gasteiger charge is 2.38. The molecule has 0 bridgehead atoms. The molecule has 1 aromatic carbocycles. The molecular formula is C41H48N6O6S. The number of aromatic nitrogens is 2. The van der Waals surface area contributed by atoms with Crippen LogP contribution in [0.1, 0.15) is 78.8 Å². The summed E-state index contributed by atoms with van der Waals surface area (Å²) >= 11 is 1.57. The minimum absolute atomic E-state index is 0.335. The molecule has 3 aromatic rings. The maximum atomic E-state index is 11.5. The third-order valence-corrected chi connectivity index (χ3v) is 11.7. The van der Waals surface area contributed by atoms with Crippen molar-refractivity contribution in [1.29, 1.82) is 10.5 Å². The van der Waals surface area contributed by atoms with Crippen LogP contribution >= 0.6 is 11.8 Å². The Morgan fingerprint density at radius 2 is 1.48 bits per heavy atom. The van der Waals surface area contributed by atoms with Crippen molar-refractivity contribution >= 4 is 29.4 Å². The maximum absolute atomic E-state index is 11.5. The van der Waals surface area contributed by atoms with E-state index < -0.39 is 5.60 Å². The quantitative estimate of drug-likeness (QED) is 0.147. The highest BCUT2D eigenvalue weighted by atomic mass is 32.2. The number of pyridine rings is 2. The first-order valence-corrected chi connectivity index (χ1v) is 19.8. The van der Waals surface area contributed by atoms with E-state index in [1.165, 1.54) is 6.92 Å². The van der Waals surface area contributed by atoms with Crippen LogP contribution in [0.5, 0.6) is 5.75 Å². The third-order valence-electron chi connectivity index (χ3n) is 10.7. The minimum Gasteiger partial charge on any atom is -0.427 e. The monoisotopic (exact) mass is 752 g/mol. The number of carbonyl (C=O) groups excluding carboxylic acids is 1. The van der Waals surface area contributed by atoms with Crippen molar-refractivity contribution in [3.8, 4) is 17.9 Å². The fraction of sp³-hybridized carbons (Fsp3) is 0.537. The molecule has 0 saturated carbocycles. The summed E-state index contributed by atoms with van der Waals surface area (Å²) in [5.41, 5.74) is 6.06. The van der Waals surface area contributed by atoms with Gasteiger partial charge in [0.25, 0.3) is 0 Å². The van der Waals surface area contributed by atoms with Crippen molar-refractivity contribution in [2.45, 2.75) is 89.2 Å². The van der Waals surface area contributed by atoms with E-state index in [-0.39, 0.29) is 11.6 Å². The molecule has 0 spiro atoms. The van der Waals surface area contributed by atoms with Crippen LogP contribution in [-0.2, 0) is 62.6 Å². The lowest BCUT2D eigenvalue weighted by Crippen LogP contribution is -2.41. The van der Waals surface area contributed by atoms with Gasteiger partial charge >= 0.3 is 5.97 Å². The van der Waals surface area contributed by atoms with Gasteiger partial charge in [0.15, 0.2) is 0 Å². The van der Waals surface area contributed by atoms with Crippen LogP contribution < -0.4 is 14.5 Å². The summed E-state index contributed by atoms with van der Waals surface area (Å²) in [5.74, 6) is 2.61. The van der Waals surface area contributed by atoms with Gasteiger partial charge in [-0.1, -0.05) is 12.1 Å². The first-order valence-electron chi connectivity index (χ1n) is 18.8. The number of anilines is 2. The summed E-state index contributed by atoms with van der Waals surface area (Å²) in [6.45, 7) is 13.8. The number of hydrogen-bond acceptors (Lipinski definition) is 13. The molecule has 2 aromatic heterocycles. The lowest BCUT2D eigenvalue weighted by Gasteiger charge is -2.39. The molecule has 1 atom stereocenters. The molecular weight excluding hydrogens is 705 g/mol. The van der Waals surface area contributed by atoms with Crippen LogP contribution in [0.4, 0.5) is 11.6 Å². The fourth-order valence-electron chi connectivity index (χ4n) is 7.80. The van der Waals surface area contributed by atoms with E-state index in [0.29, 0.717) is 112 Å². The summed E-state index contributed by atoms with van der Waals surface area (Å²) in [4.78, 5) is 26.3. The molecule has 4 aliphatic heterocycles. The number of nitriles is 2. The molecule has 0 N–H and O–H groups in total. The Labute approximate surface area is 321 Å². The van der Waals surface area contributed by atoms with Crippen molar-refractivity contribution in [3.05, 3.63) is 68.9 Å². The Morgan fingerprint density at radius 1 is 0.852 bits per heavy atom. The van der Waals surface area contributed by atoms with Crippen LogP contribution in [-0.4, -0.2) is 85.5 Å². The molecule has 2 saturated heterocycles. The fourth-order valence-corrected chi connectivity index (χ4v) is 8.80. The van der Waals surface area contributed by atoms with Crippen LogP contribution in [0.15, 0.2) is 29.3 Å². The average molecular weight is 753 g/mol. The normalized spacial score (nSPS) is 20.7. The number of carbonyl (C=O) groups is 1. The van der Waals surface area contributed by atoms with Crippen LogP contribution in [0.25, 0.3) is 0 Å². The predicted molar refractivity (Wildman–Crippen MR) is 204 cm³/mol. The van der Waals surface area contributed by atoms with Crippen molar-refractivity contribution < 1.29 is 28.5 Å². The largest absolute Gasteiger partial charge is 0.427 e. The van der Waals surface area contributed by atoms with Gasteiger partial charge in [0.2, 0.25) is 0 Å². The van der Waals surface area contributed by atoms with Crippen molar-refractivity contribution in [2.75, 3.05) is 68.2 Å². The van der Waals surface area contributed by atoms with Gasteiger partial charge in [-0.3, -0.25) is 4.79 Å². The molecule has 12 nitrogen and oxygen atoms in total. The zero-order valence-corrected chi connectivity index (χ0v) is 32.5. The van der Waals surface area contributed by atoms with Gasteiger partial charge < -0.3 is 33.5 Å². The van der Waals surface area contributed by atoms with Crippen LogP contribution in [0.2, 0.25) is 0 Å². The van der Waals surface area contributed by atoms with Gasteiger partial charge in [0.1, 0.15) is 34.5 Å². The SMILES string of the molecule is CC(=O)Oc1cccc(CCSc2nc(N3CCOCC3)c3c(c2C#N)CC(C)(CCc2nc(N4CCOCC4)c4c(c2C#N)CC(C)(C)OC4)OC3)c1. The highest BCUT2D eigenvalue weighted by Crippen LogP contribution is 2.42. The molecule has 0 radical (unpaired) electrons. The Balaban J connectivity index is 1.17. The number of fused-ring (bicyclic) bond motifs is 2. The summed E-state index contributed by atoms with van der Waals surface area (Å²) in [7, 11) is 0. The molecule has 0 amide bonds. The maximum Gasteiger partial charge on any atom is 0.308 e. The van der Waals surface area contributed by atoms with Gasteiger partial charge in [-0.2, -0.15) is 10.5 Å². The number of benzene rings is 1. The molecule has 6 heterocycles. The van der Waals surface area contributed by atoms with Crippen molar-refractivity contribution in [3.63, 3.8) is 0 Å². The summed E-state index contributed by atoms with van der Waals surface area (Å²) < 4.78 is 29.6. The first kappa shape index (κ1) is 38.1. The number of thioether (sulfide) groups is 1. The third kappa shape index (κ3) is 8.36. The van der Waals surface area contributed by atoms with Gasteiger partial charge in [-0.25, -0.2) is 9.97 Å². The molecule has 0 aliphatic carbocycles. The molecule has 4 aliphatic rings. The predicted octanol–water partition coefficient (Wildman–Crippen LogP) is 5.47. The van der Waals surface area contributed by atoms with Crippen LogP contribution in [0, 0.1) is 22.7 Å². The number of rotatable bonds is 10. The second kappa shape index (κ2) is 16.2. The van der Waals surface area contributed by atoms with Crippen molar-refractivity contribution in [1.82, 2.24) is 9.97 Å². The topological polar surface area (TPSA) is 143 Å². The number of aryl methyl sites for hydroxylation is 2. The average Bonchev–Trinajstić information content (AvgIpc) is 3.16. The number of hydrogen-bond donors (Lipinski definition) is 0. The number of morpholine rings is 2. The first-order chi connectivity index (χ1) is 26.1. The van der Waals surface area contributed by atoms with Crippen LogP contribution in [0.3, 0.4) is 0 Å². The number of ether oxygens (including phenoxy) is 5. The van der Waals surface area contributed by atoms with E-state index in [1.54, 1.807) is 17.8 Å². The van der Waals surface area contributed by atoms with Gasteiger partial charge in [-0.15, -0.1) is 11.8 Å². The molecule has 7 rings (SSSR count). The highest BCUT2D eigenvalue weighted by molar-refractivity contribution is 7.99.